The van der Waals surface area contributed by atoms with Gasteiger partial charge in [-0.15, -0.1) is 11.8 Å². The Morgan fingerprint density at radius 2 is 1.85 bits per heavy atom. The number of methoxy groups -OCH3 is 1. The van der Waals surface area contributed by atoms with Crippen molar-refractivity contribution in [3.8, 4) is 16.9 Å². The number of halogens is 3. The second-order valence-electron chi connectivity index (χ2n) is 8.05. The third kappa shape index (κ3) is 10.6. The summed E-state index contributed by atoms with van der Waals surface area (Å²) in [6, 6.07) is 13.0. The third-order valence-electron chi connectivity index (χ3n) is 4.96. The van der Waals surface area contributed by atoms with Crippen LogP contribution in [0.1, 0.15) is 12.0 Å². The van der Waals surface area contributed by atoms with Crippen LogP contribution in [-0.2, 0) is 16.1 Å². The van der Waals surface area contributed by atoms with E-state index in [1.54, 1.807) is 32.3 Å². The molecule has 0 aliphatic rings. The molecule has 2 aromatic carbocycles. The highest BCUT2D eigenvalue weighted by molar-refractivity contribution is 7.99. The van der Waals surface area contributed by atoms with Crippen LogP contribution in [-0.4, -0.2) is 71.2 Å². The van der Waals surface area contributed by atoms with Crippen LogP contribution in [0.5, 0.6) is 5.75 Å². The minimum atomic E-state index is -5.08. The molecule has 0 radical (unpaired) electrons. The number of carbonyl (C=O) groups is 3. The van der Waals surface area contributed by atoms with Crippen LogP contribution in [0.2, 0.25) is 0 Å². The number of carbonyl (C=O) groups excluding carboxylic acids is 2. The van der Waals surface area contributed by atoms with Crippen LogP contribution in [0.4, 0.5) is 23.7 Å². The number of alkyl halides is 3. The molecule has 39 heavy (non-hydrogen) atoms. The van der Waals surface area contributed by atoms with E-state index in [1.165, 1.54) is 11.8 Å². The zero-order valence-corrected chi connectivity index (χ0v) is 22.2. The lowest BCUT2D eigenvalue weighted by atomic mass is 10.1. The van der Waals surface area contributed by atoms with Crippen molar-refractivity contribution in [1.82, 2.24) is 20.4 Å². The summed E-state index contributed by atoms with van der Waals surface area (Å²) in [6.45, 7) is 0.371. The van der Waals surface area contributed by atoms with E-state index in [-0.39, 0.29) is 11.9 Å². The zero-order valence-electron chi connectivity index (χ0n) is 21.3. The summed E-state index contributed by atoms with van der Waals surface area (Å²) in [5.74, 6) is -1.35. The number of carboxylic acid groups (broad SMARTS) is 1. The fourth-order valence-corrected chi connectivity index (χ4v) is 3.92. The average molecular weight is 568 g/mol. The number of aromatic nitrogens is 2. The van der Waals surface area contributed by atoms with Gasteiger partial charge in [0.1, 0.15) is 5.75 Å². The molecule has 0 atom stereocenters. The largest absolute Gasteiger partial charge is 0.497 e. The van der Waals surface area contributed by atoms with Gasteiger partial charge in [0, 0.05) is 49.5 Å². The lowest BCUT2D eigenvalue weighted by Gasteiger charge is -2.14. The van der Waals surface area contributed by atoms with Gasteiger partial charge in [-0.2, -0.15) is 18.3 Å². The summed E-state index contributed by atoms with van der Waals surface area (Å²) in [6.07, 6.45) is -1.12. The quantitative estimate of drug-likeness (QED) is 0.277. The monoisotopic (exact) mass is 567 g/mol. The molecule has 3 amide bonds. The minimum Gasteiger partial charge on any atom is -0.497 e. The molecule has 4 N–H and O–H groups in total. The highest BCUT2D eigenvalue weighted by Crippen LogP contribution is 2.32. The molecule has 3 rings (SSSR count). The van der Waals surface area contributed by atoms with Gasteiger partial charge in [-0.05, 0) is 35.4 Å². The van der Waals surface area contributed by atoms with Crippen LogP contribution in [0.3, 0.4) is 0 Å². The van der Waals surface area contributed by atoms with Crippen molar-refractivity contribution in [3.63, 3.8) is 0 Å². The number of thioether (sulfide) groups is 1. The van der Waals surface area contributed by atoms with E-state index in [1.807, 2.05) is 48.7 Å². The molecule has 1 heterocycles. The maximum Gasteiger partial charge on any atom is 0.490 e. The van der Waals surface area contributed by atoms with E-state index in [4.69, 9.17) is 14.6 Å². The van der Waals surface area contributed by atoms with Gasteiger partial charge in [-0.3, -0.25) is 9.89 Å². The van der Waals surface area contributed by atoms with Crippen molar-refractivity contribution < 1.29 is 37.4 Å². The normalized spacial score (nSPS) is 10.6. The number of nitrogens with zero attached hydrogens (tertiary/aromatic N) is 2. The zero-order chi connectivity index (χ0) is 29.0. The van der Waals surface area contributed by atoms with Crippen LogP contribution >= 0.6 is 11.8 Å². The summed E-state index contributed by atoms with van der Waals surface area (Å²) in [4.78, 5) is 35.8. The Balaban J connectivity index is 0.000000673. The van der Waals surface area contributed by atoms with Gasteiger partial charge >= 0.3 is 18.2 Å². The van der Waals surface area contributed by atoms with Gasteiger partial charge in [-0.25, -0.2) is 9.59 Å². The number of ether oxygens (including phenoxy) is 1. The number of aliphatic carboxylic acids is 1. The first-order valence-electron chi connectivity index (χ1n) is 11.3. The maximum atomic E-state index is 12.5. The number of benzene rings is 2. The molecule has 10 nitrogen and oxygen atoms in total. The molecular formula is C25H28F3N5O5S. The van der Waals surface area contributed by atoms with Gasteiger partial charge < -0.3 is 25.4 Å². The third-order valence-corrected chi connectivity index (χ3v) is 6.02. The molecule has 0 saturated carbocycles. The lowest BCUT2D eigenvalue weighted by Crippen LogP contribution is -2.28. The molecular weight excluding hydrogens is 539 g/mol. The van der Waals surface area contributed by atoms with Gasteiger partial charge in [-0.1, -0.05) is 18.2 Å². The van der Waals surface area contributed by atoms with E-state index in [9.17, 15) is 22.8 Å². The molecule has 14 heteroatoms. The Bertz CT molecular complexity index is 1250. The highest BCUT2D eigenvalue weighted by Gasteiger charge is 2.38. The molecule has 0 spiro atoms. The first-order valence-corrected chi connectivity index (χ1v) is 12.3. The smallest absolute Gasteiger partial charge is 0.490 e. The molecule has 210 valence electrons. The lowest BCUT2D eigenvalue weighted by molar-refractivity contribution is -0.192. The predicted octanol–water partition coefficient (Wildman–Crippen LogP) is 4.61. The van der Waals surface area contributed by atoms with Crippen molar-refractivity contribution in [3.05, 3.63) is 60.4 Å². The fourth-order valence-electron chi connectivity index (χ4n) is 2.94. The number of rotatable bonds is 9. The predicted molar refractivity (Wildman–Crippen MR) is 141 cm³/mol. The number of carboxylic acids is 1. The first kappa shape index (κ1) is 31.0. The average Bonchev–Trinajstić information content (AvgIpc) is 3.43. The number of urea groups is 1. The molecule has 0 aliphatic heterocycles. The van der Waals surface area contributed by atoms with E-state index in [0.717, 1.165) is 27.3 Å². The molecule has 0 bridgehead atoms. The second kappa shape index (κ2) is 14.7. The van der Waals surface area contributed by atoms with Crippen molar-refractivity contribution in [2.45, 2.75) is 24.0 Å². The van der Waals surface area contributed by atoms with E-state index < -0.39 is 12.1 Å². The second-order valence-corrected chi connectivity index (χ2v) is 9.18. The molecule has 0 aliphatic carbocycles. The number of anilines is 1. The molecule has 0 fully saturated rings. The number of H-pyrrole nitrogens is 1. The Hall–Kier alpha value is -4.20. The first-order chi connectivity index (χ1) is 18.4. The van der Waals surface area contributed by atoms with Gasteiger partial charge in [0.25, 0.3) is 0 Å². The summed E-state index contributed by atoms with van der Waals surface area (Å²) in [5.41, 5.74) is 3.54. The Morgan fingerprint density at radius 3 is 2.44 bits per heavy atom. The van der Waals surface area contributed by atoms with Gasteiger partial charge in [0.15, 0.2) is 0 Å². The summed E-state index contributed by atoms with van der Waals surface area (Å²) in [5, 5.41) is 19.7. The molecule has 0 saturated heterocycles. The number of nitrogens with one attached hydrogen (secondary N) is 3. The summed E-state index contributed by atoms with van der Waals surface area (Å²) >= 11 is 1.53. The van der Waals surface area contributed by atoms with Crippen LogP contribution in [0.25, 0.3) is 11.1 Å². The van der Waals surface area contributed by atoms with Crippen molar-refractivity contribution in [2.24, 2.45) is 0 Å². The number of hydrogen-bond acceptors (Lipinski definition) is 6. The van der Waals surface area contributed by atoms with Crippen molar-refractivity contribution in [1.29, 1.82) is 0 Å². The molecule has 3 aromatic rings. The van der Waals surface area contributed by atoms with Crippen molar-refractivity contribution in [2.75, 3.05) is 32.3 Å². The van der Waals surface area contributed by atoms with Gasteiger partial charge in [0.2, 0.25) is 5.91 Å². The van der Waals surface area contributed by atoms with Crippen LogP contribution in [0.15, 0.2) is 59.8 Å². The highest BCUT2D eigenvalue weighted by atomic mass is 32.2. The van der Waals surface area contributed by atoms with E-state index in [2.05, 4.69) is 20.8 Å². The number of hydrogen-bond donors (Lipinski definition) is 4. The van der Waals surface area contributed by atoms with Crippen LogP contribution < -0.4 is 15.4 Å². The fraction of sp³-hybridized carbons (Fsp3) is 0.280. The van der Waals surface area contributed by atoms with Crippen molar-refractivity contribution >= 4 is 35.4 Å². The molecule has 0 unspecified atom stereocenters. The Kier molecular flexibility index (Phi) is 11.7. The number of aromatic amines is 1. The maximum absolute atomic E-state index is 12.5. The number of amides is 3. The molecule has 1 aromatic heterocycles. The van der Waals surface area contributed by atoms with Gasteiger partial charge in [0.05, 0.1) is 19.0 Å². The summed E-state index contributed by atoms with van der Waals surface area (Å²) < 4.78 is 37.0. The Morgan fingerprint density at radius 1 is 1.13 bits per heavy atom. The van der Waals surface area contributed by atoms with E-state index >= 15 is 0 Å². The summed E-state index contributed by atoms with van der Waals surface area (Å²) in [7, 11) is 5.09. The van der Waals surface area contributed by atoms with E-state index in [0.29, 0.717) is 24.4 Å². The Labute approximate surface area is 226 Å². The van der Waals surface area contributed by atoms with Crippen LogP contribution in [0, 0.1) is 0 Å². The SMILES string of the molecule is COc1cccc(CNC(=O)Nc2ccc(-c3cn[nH]c3)cc2SCCC(=O)N(C)C)c1.O=C(O)C(F)(F)F. The topological polar surface area (TPSA) is 137 Å². The minimum absolute atomic E-state index is 0.0639. The standard InChI is InChI=1S/C23H27N5O3S.C2HF3O2/c1-28(2)22(29)9-10-32-21-12-17(18-14-25-26-15-18)7-8-20(21)27-23(30)24-13-16-5-4-6-19(11-16)31-3;3-2(4,5)1(6)7/h4-8,11-12,14-15H,9-10,13H2,1-3H3,(H,25,26)(H2,24,27,30);(H,6,7).